The van der Waals surface area contributed by atoms with Crippen molar-refractivity contribution in [2.45, 2.75) is 37.5 Å². The lowest BCUT2D eigenvalue weighted by atomic mass is 9.77. The zero-order chi connectivity index (χ0) is 29.5. The van der Waals surface area contributed by atoms with E-state index in [0.717, 1.165) is 5.56 Å². The fourth-order valence-electron chi connectivity index (χ4n) is 5.35. The molecular formula is C30H36N2O9. The van der Waals surface area contributed by atoms with Crippen LogP contribution in [0.15, 0.2) is 48.0 Å². The highest BCUT2D eigenvalue weighted by Gasteiger charge is 2.51. The summed E-state index contributed by atoms with van der Waals surface area (Å²) in [6, 6.07) is 9.66. The molecule has 11 heteroatoms. The number of rotatable bonds is 13. The van der Waals surface area contributed by atoms with Crippen molar-refractivity contribution in [3.05, 3.63) is 64.7 Å². The molecule has 0 bridgehead atoms. The number of nitrogens with zero attached hydrogens (tertiary/aromatic N) is 1. The van der Waals surface area contributed by atoms with Crippen molar-refractivity contribution in [2.75, 3.05) is 47.1 Å². The highest BCUT2D eigenvalue weighted by atomic mass is 16.5. The van der Waals surface area contributed by atoms with Gasteiger partial charge >= 0.3 is 0 Å². The molecule has 2 amide bonds. The molecule has 1 aliphatic heterocycles. The fraction of sp³-hybridized carbons (Fsp3) is 0.433. The lowest BCUT2D eigenvalue weighted by Gasteiger charge is -2.40. The van der Waals surface area contributed by atoms with Gasteiger partial charge in [-0.05, 0) is 49.2 Å². The van der Waals surface area contributed by atoms with E-state index in [9.17, 15) is 24.6 Å². The fourth-order valence-corrected chi connectivity index (χ4v) is 5.35. The minimum absolute atomic E-state index is 0.00895. The highest BCUT2D eigenvalue weighted by molar-refractivity contribution is 5.96. The maximum atomic E-state index is 13.4. The van der Waals surface area contributed by atoms with E-state index >= 15 is 0 Å². The topological polar surface area (TPSA) is 144 Å². The molecule has 2 aromatic carbocycles. The molecule has 0 fully saturated rings. The molecule has 0 saturated carbocycles. The maximum absolute atomic E-state index is 13.4. The van der Waals surface area contributed by atoms with Gasteiger partial charge < -0.3 is 39.4 Å². The van der Waals surface area contributed by atoms with E-state index < -0.39 is 30.1 Å². The molecule has 0 unspecified atom stereocenters. The number of aldehydes is 1. The number of ether oxygens (including phenoxy) is 4. The van der Waals surface area contributed by atoms with E-state index in [1.165, 1.54) is 18.1 Å². The summed E-state index contributed by atoms with van der Waals surface area (Å²) in [5.74, 6) is -0.301. The Labute approximate surface area is 238 Å². The van der Waals surface area contributed by atoms with Crippen LogP contribution in [-0.2, 0) is 20.7 Å². The number of nitrogens with one attached hydrogen (secondary N) is 1. The number of hydrogen-bond donors (Lipinski definition) is 3. The van der Waals surface area contributed by atoms with Crippen LogP contribution in [0.3, 0.4) is 0 Å². The zero-order valence-corrected chi connectivity index (χ0v) is 23.4. The van der Waals surface area contributed by atoms with Gasteiger partial charge in [-0.25, -0.2) is 0 Å². The van der Waals surface area contributed by atoms with E-state index in [2.05, 4.69) is 5.32 Å². The van der Waals surface area contributed by atoms with Crippen LogP contribution in [0, 0.1) is 0 Å². The summed E-state index contributed by atoms with van der Waals surface area (Å²) in [5, 5.41) is 23.7. The number of fused-ring (bicyclic) bond motifs is 3. The van der Waals surface area contributed by atoms with Crippen molar-refractivity contribution >= 4 is 18.1 Å². The summed E-state index contributed by atoms with van der Waals surface area (Å²) >= 11 is 0. The van der Waals surface area contributed by atoms with Gasteiger partial charge in [0.25, 0.3) is 0 Å². The Balaban J connectivity index is 1.75. The summed E-state index contributed by atoms with van der Waals surface area (Å²) < 4.78 is 22.4. The molecule has 0 saturated heterocycles. The normalized spacial score (nSPS) is 20.7. The van der Waals surface area contributed by atoms with Crippen molar-refractivity contribution in [3.8, 4) is 17.2 Å². The van der Waals surface area contributed by atoms with Gasteiger partial charge in [0.1, 0.15) is 30.9 Å². The van der Waals surface area contributed by atoms with E-state index in [-0.39, 0.29) is 37.8 Å². The maximum Gasteiger partial charge on any atom is 0.249 e. The number of aliphatic hydroxyl groups is 2. The quantitative estimate of drug-likeness (QED) is 0.304. The van der Waals surface area contributed by atoms with Gasteiger partial charge in [0.2, 0.25) is 11.8 Å². The van der Waals surface area contributed by atoms with Crippen LogP contribution in [0.2, 0.25) is 0 Å². The summed E-state index contributed by atoms with van der Waals surface area (Å²) in [7, 11) is 3.01. The van der Waals surface area contributed by atoms with Gasteiger partial charge in [0.15, 0.2) is 11.5 Å². The molecule has 2 aliphatic rings. The van der Waals surface area contributed by atoms with Crippen LogP contribution in [0.25, 0.3) is 0 Å². The first kappa shape index (κ1) is 30.0. The Morgan fingerprint density at radius 2 is 1.98 bits per heavy atom. The number of benzene rings is 2. The predicted octanol–water partition coefficient (Wildman–Crippen LogP) is 1.25. The summed E-state index contributed by atoms with van der Waals surface area (Å²) in [5.41, 5.74) is 2.01. The van der Waals surface area contributed by atoms with Crippen LogP contribution in [0.1, 0.15) is 34.3 Å². The molecule has 3 N–H and O–H groups in total. The van der Waals surface area contributed by atoms with Gasteiger partial charge in [-0.3, -0.25) is 14.4 Å². The minimum Gasteiger partial charge on any atom is -0.497 e. The van der Waals surface area contributed by atoms with Crippen molar-refractivity contribution < 1.29 is 43.5 Å². The second kappa shape index (κ2) is 13.6. The Hall–Kier alpha value is -3.93. The number of aliphatic hydroxyl groups excluding tert-OH is 2. The second-order valence-corrected chi connectivity index (χ2v) is 9.73. The van der Waals surface area contributed by atoms with E-state index in [4.69, 9.17) is 18.9 Å². The molecule has 0 aromatic heterocycles. The van der Waals surface area contributed by atoms with Crippen molar-refractivity contribution in [3.63, 3.8) is 0 Å². The Kier molecular flexibility index (Phi) is 9.98. The van der Waals surface area contributed by atoms with E-state index in [0.29, 0.717) is 47.7 Å². The van der Waals surface area contributed by atoms with E-state index in [1.807, 2.05) is 24.3 Å². The van der Waals surface area contributed by atoms with Crippen LogP contribution < -0.4 is 19.5 Å². The monoisotopic (exact) mass is 568 g/mol. The number of amides is 2. The Bertz CT molecular complexity index is 1290. The molecule has 4 rings (SSSR count). The van der Waals surface area contributed by atoms with Gasteiger partial charge in [0, 0.05) is 36.4 Å². The average molecular weight is 569 g/mol. The summed E-state index contributed by atoms with van der Waals surface area (Å²) in [4.78, 5) is 40.0. The molecule has 1 heterocycles. The molecule has 11 nitrogen and oxygen atoms in total. The Morgan fingerprint density at radius 1 is 1.17 bits per heavy atom. The molecule has 1 aliphatic carbocycles. The molecule has 220 valence electrons. The molecule has 0 spiro atoms. The third-order valence-corrected chi connectivity index (χ3v) is 7.30. The SMILES string of the molecule is CCOCC(=O)N(CCc1cccc(OC)c1)[C@@H]1C=C(C(=O)NCCO)[C@@H]2c3cc(C=O)cc(OC)c3O[C@@H]2[C@H]1O. The van der Waals surface area contributed by atoms with Crippen molar-refractivity contribution in [1.29, 1.82) is 0 Å². The zero-order valence-electron chi connectivity index (χ0n) is 23.4. The summed E-state index contributed by atoms with van der Waals surface area (Å²) in [6.45, 7) is 1.86. The first-order chi connectivity index (χ1) is 19.9. The van der Waals surface area contributed by atoms with Crippen LogP contribution in [-0.4, -0.2) is 98.6 Å². The second-order valence-electron chi connectivity index (χ2n) is 9.73. The van der Waals surface area contributed by atoms with Gasteiger partial charge in [0.05, 0.1) is 32.8 Å². The number of hydrogen-bond acceptors (Lipinski definition) is 9. The van der Waals surface area contributed by atoms with Gasteiger partial charge in [-0.15, -0.1) is 0 Å². The van der Waals surface area contributed by atoms with Crippen LogP contribution in [0.4, 0.5) is 0 Å². The lowest BCUT2D eigenvalue weighted by molar-refractivity contribution is -0.141. The first-order valence-corrected chi connectivity index (χ1v) is 13.5. The molecule has 0 radical (unpaired) electrons. The predicted molar refractivity (Wildman–Crippen MR) is 148 cm³/mol. The van der Waals surface area contributed by atoms with E-state index in [1.54, 1.807) is 26.2 Å². The highest BCUT2D eigenvalue weighted by Crippen LogP contribution is 2.51. The molecule has 2 aromatic rings. The molecule has 41 heavy (non-hydrogen) atoms. The number of methoxy groups -OCH3 is 2. The summed E-state index contributed by atoms with van der Waals surface area (Å²) in [6.07, 6.45) is 0.503. The van der Waals surface area contributed by atoms with Crippen LogP contribution >= 0.6 is 0 Å². The standard InChI is InChI=1S/C30H36N2O9/c1-4-40-17-25(35)32(10-8-18-6-5-7-20(12-18)38-2)23-15-22(30(37)31-9-11-33)26-21-13-19(16-34)14-24(39-3)28(21)41-29(26)27(23)36/h5-7,12-16,23,26-27,29,33,36H,4,8-11,17H2,1-3H3,(H,31,37)/t23-,26+,27+,29+/m1/s1. The van der Waals surface area contributed by atoms with Crippen LogP contribution in [0.5, 0.6) is 17.2 Å². The lowest BCUT2D eigenvalue weighted by Crippen LogP contribution is -2.56. The largest absolute Gasteiger partial charge is 0.497 e. The Morgan fingerprint density at radius 3 is 2.66 bits per heavy atom. The van der Waals surface area contributed by atoms with Crippen molar-refractivity contribution in [1.82, 2.24) is 10.2 Å². The minimum atomic E-state index is -1.23. The smallest absolute Gasteiger partial charge is 0.249 e. The van der Waals surface area contributed by atoms with Gasteiger partial charge in [-0.2, -0.15) is 0 Å². The molecule has 4 atom stereocenters. The first-order valence-electron chi connectivity index (χ1n) is 13.5. The third-order valence-electron chi connectivity index (χ3n) is 7.30. The van der Waals surface area contributed by atoms with Crippen molar-refractivity contribution in [2.24, 2.45) is 0 Å². The number of carbonyl (C=O) groups is 3. The number of carbonyl (C=O) groups excluding carboxylic acids is 3. The van der Waals surface area contributed by atoms with Gasteiger partial charge in [-0.1, -0.05) is 12.1 Å². The average Bonchev–Trinajstić information content (AvgIpc) is 3.39. The third kappa shape index (κ3) is 6.37. The molecular weight excluding hydrogens is 532 g/mol.